The summed E-state index contributed by atoms with van der Waals surface area (Å²) >= 11 is 0. The second-order valence-electron chi connectivity index (χ2n) is 7.60. The normalized spacial score (nSPS) is 16.8. The maximum Gasteiger partial charge on any atom is 0.435 e. The number of alkyl halides is 3. The summed E-state index contributed by atoms with van der Waals surface area (Å²) in [6.07, 6.45) is -4.66. The van der Waals surface area contributed by atoms with Gasteiger partial charge >= 0.3 is 6.18 Å². The molecule has 0 saturated heterocycles. The molecule has 1 unspecified atom stereocenters. The Balaban J connectivity index is 1.95. The Morgan fingerprint density at radius 3 is 2.03 bits per heavy atom. The highest BCUT2D eigenvalue weighted by Crippen LogP contribution is 2.42. The number of aryl methyl sites for hydroxylation is 2. The molecule has 0 spiro atoms. The van der Waals surface area contributed by atoms with E-state index in [-0.39, 0.29) is 21.3 Å². The zero-order valence-corrected chi connectivity index (χ0v) is 17.8. The molecule has 0 bridgehead atoms. The first-order valence-electron chi connectivity index (χ1n) is 9.51. The number of sulfone groups is 1. The van der Waals surface area contributed by atoms with Crippen LogP contribution in [0.1, 0.15) is 35.3 Å². The van der Waals surface area contributed by atoms with Gasteiger partial charge in [-0.3, -0.25) is 0 Å². The molecule has 2 heterocycles. The minimum Gasteiger partial charge on any atom is -0.343 e. The van der Waals surface area contributed by atoms with Crippen molar-refractivity contribution in [1.29, 1.82) is 0 Å². The van der Waals surface area contributed by atoms with Gasteiger partial charge in [0, 0.05) is 11.8 Å². The quantitative estimate of drug-likeness (QED) is 0.597. The highest BCUT2D eigenvalue weighted by atomic mass is 32.2. The van der Waals surface area contributed by atoms with Crippen molar-refractivity contribution in [2.24, 2.45) is 0 Å². The van der Waals surface area contributed by atoms with E-state index >= 15 is 0 Å². The number of hydrogen-bond acceptors (Lipinski definition) is 4. The Morgan fingerprint density at radius 1 is 0.935 bits per heavy atom. The van der Waals surface area contributed by atoms with Crippen LogP contribution in [0.2, 0.25) is 0 Å². The molecule has 162 valence electrons. The largest absolute Gasteiger partial charge is 0.435 e. The van der Waals surface area contributed by atoms with E-state index in [9.17, 15) is 21.6 Å². The summed E-state index contributed by atoms with van der Waals surface area (Å²) in [7, 11) is -4.03. The fourth-order valence-electron chi connectivity index (χ4n) is 3.63. The van der Waals surface area contributed by atoms with Gasteiger partial charge in [0.25, 0.3) is 0 Å². The SMILES string of the molecule is CC1=C(S(=O)(=O)c2ccc(C)cc2)C(c2ccc(C)cc2)n2nc(C(F)(F)F)cc2N1. The fourth-order valence-corrected chi connectivity index (χ4v) is 5.36. The Bertz CT molecular complexity index is 1270. The number of fused-ring (bicyclic) bond motifs is 1. The molecule has 9 heteroatoms. The van der Waals surface area contributed by atoms with Crippen LogP contribution >= 0.6 is 0 Å². The molecule has 2 aromatic carbocycles. The van der Waals surface area contributed by atoms with E-state index in [4.69, 9.17) is 0 Å². The van der Waals surface area contributed by atoms with Crippen LogP contribution in [0, 0.1) is 13.8 Å². The van der Waals surface area contributed by atoms with E-state index in [2.05, 4.69) is 10.4 Å². The summed E-state index contributed by atoms with van der Waals surface area (Å²) in [5.74, 6) is 0.0817. The number of halogens is 3. The van der Waals surface area contributed by atoms with Gasteiger partial charge in [0.1, 0.15) is 11.9 Å². The summed E-state index contributed by atoms with van der Waals surface area (Å²) in [6, 6.07) is 13.2. The fraction of sp³-hybridized carbons (Fsp3) is 0.227. The molecular formula is C22H20F3N3O2S. The lowest BCUT2D eigenvalue weighted by atomic mass is 10.0. The van der Waals surface area contributed by atoms with E-state index in [1.807, 2.05) is 13.8 Å². The van der Waals surface area contributed by atoms with Crippen LogP contribution in [0.25, 0.3) is 0 Å². The third-order valence-electron chi connectivity index (χ3n) is 5.22. The molecule has 3 aromatic rings. The first-order chi connectivity index (χ1) is 14.5. The lowest BCUT2D eigenvalue weighted by molar-refractivity contribution is -0.141. The zero-order chi connectivity index (χ0) is 22.6. The third-order valence-corrected chi connectivity index (χ3v) is 7.22. The molecular weight excluding hydrogens is 427 g/mol. The van der Waals surface area contributed by atoms with E-state index in [1.54, 1.807) is 43.3 Å². The van der Waals surface area contributed by atoms with E-state index in [0.29, 0.717) is 5.56 Å². The van der Waals surface area contributed by atoms with Crippen molar-refractivity contribution < 1.29 is 21.6 Å². The molecule has 0 aliphatic carbocycles. The average molecular weight is 447 g/mol. The number of aromatic nitrogens is 2. The second-order valence-corrected chi connectivity index (χ2v) is 9.52. The minimum absolute atomic E-state index is 0.0375. The lowest BCUT2D eigenvalue weighted by Crippen LogP contribution is -2.28. The van der Waals surface area contributed by atoms with Crippen LogP contribution in [-0.2, 0) is 16.0 Å². The van der Waals surface area contributed by atoms with Gasteiger partial charge in [-0.05, 0) is 38.5 Å². The molecule has 0 radical (unpaired) electrons. The summed E-state index contributed by atoms with van der Waals surface area (Å²) in [6.45, 7) is 5.26. The molecule has 1 aliphatic heterocycles. The Hall–Kier alpha value is -3.07. The van der Waals surface area contributed by atoms with Crippen LogP contribution in [0.4, 0.5) is 19.0 Å². The van der Waals surface area contributed by atoms with Crippen molar-refractivity contribution in [3.63, 3.8) is 0 Å². The number of rotatable bonds is 3. The number of hydrogen-bond donors (Lipinski definition) is 1. The standard InChI is InChI=1S/C22H20F3N3O2S/c1-13-4-8-16(9-5-13)20-21(31(29,30)17-10-6-14(2)7-11-17)15(3)26-19-12-18(22(23,24)25)27-28(19)20/h4-12,20,26H,1-3H3. The van der Waals surface area contributed by atoms with Gasteiger partial charge < -0.3 is 5.32 Å². The minimum atomic E-state index is -4.66. The van der Waals surface area contributed by atoms with Gasteiger partial charge in [-0.2, -0.15) is 18.3 Å². The predicted molar refractivity (Wildman–Crippen MR) is 111 cm³/mol. The number of nitrogens with one attached hydrogen (secondary N) is 1. The molecule has 1 atom stereocenters. The monoisotopic (exact) mass is 447 g/mol. The van der Waals surface area contributed by atoms with Crippen LogP contribution in [-0.4, -0.2) is 18.2 Å². The predicted octanol–water partition coefficient (Wildman–Crippen LogP) is 5.24. The summed E-state index contributed by atoms with van der Waals surface area (Å²) < 4.78 is 68.4. The average Bonchev–Trinajstić information content (AvgIpc) is 3.12. The first-order valence-corrected chi connectivity index (χ1v) is 11.0. The van der Waals surface area contributed by atoms with E-state index < -0.39 is 27.7 Å². The van der Waals surface area contributed by atoms with Crippen LogP contribution in [0.15, 0.2) is 70.1 Å². The van der Waals surface area contributed by atoms with Gasteiger partial charge in [-0.1, -0.05) is 47.5 Å². The zero-order valence-electron chi connectivity index (χ0n) is 17.0. The Morgan fingerprint density at radius 2 is 1.48 bits per heavy atom. The molecule has 0 fully saturated rings. The number of anilines is 1. The van der Waals surface area contributed by atoms with Crippen molar-refractivity contribution in [1.82, 2.24) is 9.78 Å². The van der Waals surface area contributed by atoms with Crippen molar-refractivity contribution in [3.05, 3.63) is 87.6 Å². The molecule has 1 aliphatic rings. The van der Waals surface area contributed by atoms with Gasteiger partial charge in [-0.25, -0.2) is 13.1 Å². The second kappa shape index (κ2) is 7.26. The Labute approximate surface area is 178 Å². The lowest BCUT2D eigenvalue weighted by Gasteiger charge is -2.30. The van der Waals surface area contributed by atoms with Gasteiger partial charge in [0.15, 0.2) is 5.69 Å². The van der Waals surface area contributed by atoms with Crippen molar-refractivity contribution in [2.45, 2.75) is 37.9 Å². The number of nitrogens with zero attached hydrogens (tertiary/aromatic N) is 2. The van der Waals surface area contributed by atoms with E-state index in [1.165, 1.54) is 12.1 Å². The molecule has 5 nitrogen and oxygen atoms in total. The summed E-state index contributed by atoms with van der Waals surface area (Å²) in [4.78, 5) is 0.0301. The maximum atomic E-state index is 13.6. The molecule has 4 rings (SSSR count). The highest BCUT2D eigenvalue weighted by Gasteiger charge is 2.41. The number of benzene rings is 2. The van der Waals surface area contributed by atoms with Crippen molar-refractivity contribution in [3.8, 4) is 0 Å². The van der Waals surface area contributed by atoms with Crippen LogP contribution in [0.3, 0.4) is 0 Å². The third kappa shape index (κ3) is 3.74. The van der Waals surface area contributed by atoms with Gasteiger partial charge in [0.05, 0.1) is 9.80 Å². The van der Waals surface area contributed by atoms with Crippen molar-refractivity contribution in [2.75, 3.05) is 5.32 Å². The van der Waals surface area contributed by atoms with Crippen molar-refractivity contribution >= 4 is 15.7 Å². The van der Waals surface area contributed by atoms with Gasteiger partial charge in [0.2, 0.25) is 9.84 Å². The molecule has 0 saturated carbocycles. The molecule has 0 amide bonds. The highest BCUT2D eigenvalue weighted by molar-refractivity contribution is 7.95. The Kier molecular flexibility index (Phi) is 4.96. The topological polar surface area (TPSA) is 64.0 Å². The smallest absolute Gasteiger partial charge is 0.343 e. The first kappa shape index (κ1) is 21.2. The summed E-state index contributed by atoms with van der Waals surface area (Å²) in [5, 5.41) is 6.54. The summed E-state index contributed by atoms with van der Waals surface area (Å²) in [5.41, 5.74) is 1.53. The van der Waals surface area contributed by atoms with Crippen LogP contribution in [0.5, 0.6) is 0 Å². The maximum absolute atomic E-state index is 13.6. The van der Waals surface area contributed by atoms with Crippen LogP contribution < -0.4 is 5.32 Å². The van der Waals surface area contributed by atoms with Gasteiger partial charge in [-0.15, -0.1) is 0 Å². The molecule has 1 N–H and O–H groups in total. The number of allylic oxidation sites excluding steroid dienone is 2. The molecule has 1 aromatic heterocycles. The molecule has 31 heavy (non-hydrogen) atoms. The van der Waals surface area contributed by atoms with E-state index in [0.717, 1.165) is 21.9 Å².